The summed E-state index contributed by atoms with van der Waals surface area (Å²) in [5.74, 6) is -0.786. The Morgan fingerprint density at radius 2 is 1.00 bits per heavy atom. The van der Waals surface area contributed by atoms with Crippen molar-refractivity contribution >= 4 is 35.4 Å². The van der Waals surface area contributed by atoms with Crippen LogP contribution in [0.2, 0.25) is 0 Å². The van der Waals surface area contributed by atoms with E-state index in [9.17, 15) is 19.2 Å². The second kappa shape index (κ2) is 14.2. The number of amides is 4. The molecule has 41 heavy (non-hydrogen) atoms. The molecule has 2 saturated carbocycles. The van der Waals surface area contributed by atoms with Crippen molar-refractivity contribution in [1.82, 2.24) is 21.5 Å². The van der Waals surface area contributed by atoms with Gasteiger partial charge in [0.1, 0.15) is 0 Å². The smallest absolute Gasteiger partial charge is 0.335 e. The minimum atomic E-state index is -1.03. The summed E-state index contributed by atoms with van der Waals surface area (Å²) >= 11 is 0. The number of benzene rings is 2. The molecule has 12 heteroatoms. The molecule has 2 aromatic carbocycles. The molecule has 4 rings (SSSR count). The van der Waals surface area contributed by atoms with E-state index in [-0.39, 0.29) is 35.3 Å². The normalized spacial score (nSPS) is 22.0. The third kappa shape index (κ3) is 9.30. The molecule has 0 aliphatic heterocycles. The Balaban J connectivity index is 1.08. The number of rotatable bonds is 10. The number of carboxylic acid groups (broad SMARTS) is 2. The van der Waals surface area contributed by atoms with E-state index in [4.69, 9.17) is 10.2 Å². The summed E-state index contributed by atoms with van der Waals surface area (Å²) < 4.78 is 0. The monoisotopic (exact) mass is 566 g/mol. The van der Waals surface area contributed by atoms with Crippen molar-refractivity contribution in [1.29, 1.82) is 0 Å². The van der Waals surface area contributed by atoms with Gasteiger partial charge in [-0.05, 0) is 106 Å². The number of nitrogens with one attached hydrogen (secondary N) is 6. The number of hydrazine groups is 2. The molecular weight excluding hydrogens is 528 g/mol. The molecule has 2 aromatic rings. The summed E-state index contributed by atoms with van der Waals surface area (Å²) in [5.41, 5.74) is 11.9. The van der Waals surface area contributed by atoms with Crippen molar-refractivity contribution in [2.24, 2.45) is 11.8 Å². The fraction of sp³-hybridized carbons (Fsp3) is 0.448. The van der Waals surface area contributed by atoms with Crippen LogP contribution in [0, 0.1) is 11.8 Å². The quantitative estimate of drug-likeness (QED) is 0.193. The Kier molecular flexibility index (Phi) is 10.2. The molecular formula is C29H38N6O6. The molecule has 2 aliphatic carbocycles. The van der Waals surface area contributed by atoms with Gasteiger partial charge in [-0.25, -0.2) is 19.2 Å². The maximum Gasteiger partial charge on any atom is 0.335 e. The van der Waals surface area contributed by atoms with E-state index in [1.807, 2.05) is 0 Å². The Bertz CT molecular complexity index is 1130. The largest absolute Gasteiger partial charge is 0.478 e. The summed E-state index contributed by atoms with van der Waals surface area (Å²) in [6.07, 6.45) is 9.11. The maximum absolute atomic E-state index is 12.3. The van der Waals surface area contributed by atoms with E-state index in [1.165, 1.54) is 30.7 Å². The highest BCUT2D eigenvalue weighted by molar-refractivity contribution is 5.89. The van der Waals surface area contributed by atoms with Gasteiger partial charge in [0, 0.05) is 12.1 Å². The van der Waals surface area contributed by atoms with E-state index < -0.39 is 11.9 Å². The number of anilines is 2. The molecule has 0 unspecified atom stereocenters. The van der Waals surface area contributed by atoms with Gasteiger partial charge in [0.25, 0.3) is 0 Å². The zero-order valence-electron chi connectivity index (χ0n) is 22.8. The highest BCUT2D eigenvalue weighted by Crippen LogP contribution is 2.35. The number of hydrogen-bond donors (Lipinski definition) is 8. The Morgan fingerprint density at radius 1 is 0.610 bits per heavy atom. The number of aromatic carboxylic acids is 2. The van der Waals surface area contributed by atoms with Crippen LogP contribution in [0.3, 0.4) is 0 Å². The highest BCUT2D eigenvalue weighted by Gasteiger charge is 2.28. The fourth-order valence-electron chi connectivity index (χ4n) is 5.72. The predicted octanol–water partition coefficient (Wildman–Crippen LogP) is 4.54. The van der Waals surface area contributed by atoms with E-state index in [2.05, 4.69) is 32.3 Å². The van der Waals surface area contributed by atoms with E-state index >= 15 is 0 Å². The second-order valence-corrected chi connectivity index (χ2v) is 10.9. The SMILES string of the molecule is O=C(NNc1cccc(C(=O)O)c1)NC1CCC(CC2CCC(NC(=O)NNc3cccc(C(=O)O)c3)CC2)CC1. The van der Waals surface area contributed by atoms with Gasteiger partial charge in [0.05, 0.1) is 22.5 Å². The molecule has 0 atom stereocenters. The van der Waals surface area contributed by atoms with Crippen molar-refractivity contribution in [2.75, 3.05) is 10.9 Å². The summed E-state index contributed by atoms with van der Waals surface area (Å²) in [5, 5.41) is 24.2. The molecule has 0 bridgehead atoms. The maximum atomic E-state index is 12.3. The van der Waals surface area contributed by atoms with Gasteiger partial charge in [0.15, 0.2) is 0 Å². The molecule has 0 radical (unpaired) electrons. The molecule has 8 N–H and O–H groups in total. The summed E-state index contributed by atoms with van der Waals surface area (Å²) in [4.78, 5) is 46.8. The number of hydrogen-bond acceptors (Lipinski definition) is 6. The molecule has 12 nitrogen and oxygen atoms in total. The first-order valence-corrected chi connectivity index (χ1v) is 14.1. The lowest BCUT2D eigenvalue weighted by atomic mass is 9.76. The van der Waals surface area contributed by atoms with Crippen LogP contribution in [-0.4, -0.2) is 46.3 Å². The number of urea groups is 2. The van der Waals surface area contributed by atoms with Crippen LogP contribution in [0.25, 0.3) is 0 Å². The van der Waals surface area contributed by atoms with Gasteiger partial charge in [-0.15, -0.1) is 0 Å². The van der Waals surface area contributed by atoms with Crippen molar-refractivity contribution in [3.8, 4) is 0 Å². The van der Waals surface area contributed by atoms with Crippen LogP contribution in [0.1, 0.15) is 78.5 Å². The zero-order valence-corrected chi connectivity index (χ0v) is 22.8. The van der Waals surface area contributed by atoms with Gasteiger partial charge < -0.3 is 20.8 Å². The molecule has 0 aromatic heterocycles. The van der Waals surface area contributed by atoms with E-state index in [0.29, 0.717) is 23.2 Å². The Labute approximate surface area is 238 Å². The minimum absolute atomic E-state index is 0.108. The van der Waals surface area contributed by atoms with Crippen molar-refractivity contribution < 1.29 is 29.4 Å². The molecule has 2 fully saturated rings. The molecule has 0 spiro atoms. The van der Waals surface area contributed by atoms with Gasteiger partial charge >= 0.3 is 24.0 Å². The third-order valence-corrected chi connectivity index (χ3v) is 7.89. The third-order valence-electron chi connectivity index (χ3n) is 7.89. The van der Waals surface area contributed by atoms with E-state index in [1.54, 1.807) is 24.3 Å². The molecule has 4 amide bonds. The zero-order chi connectivity index (χ0) is 29.2. The first-order chi connectivity index (χ1) is 19.7. The van der Waals surface area contributed by atoms with Crippen molar-refractivity contribution in [3.05, 3.63) is 59.7 Å². The number of carbonyl (C=O) groups excluding carboxylic acids is 2. The lowest BCUT2D eigenvalue weighted by Crippen LogP contribution is -2.46. The summed E-state index contributed by atoms with van der Waals surface area (Å²) in [7, 11) is 0. The standard InChI is InChI=1S/C29H38N6O6/c36-26(37)20-3-1-5-24(16-20)32-34-28(40)30-22-11-7-18(8-12-22)15-19-9-13-23(14-10-19)31-29(41)35-33-25-6-2-4-21(17-25)27(38)39/h1-6,16-19,22-23,32-33H,7-15H2,(H,36,37)(H,38,39)(H2,30,34,40)(H2,31,35,41). The second-order valence-electron chi connectivity index (χ2n) is 10.9. The molecule has 220 valence electrons. The molecule has 2 aliphatic rings. The van der Waals surface area contributed by atoms with Crippen LogP contribution in [0.4, 0.5) is 21.0 Å². The van der Waals surface area contributed by atoms with Crippen molar-refractivity contribution in [2.45, 2.75) is 69.9 Å². The first kappa shape index (κ1) is 29.5. The van der Waals surface area contributed by atoms with Crippen LogP contribution in [0.5, 0.6) is 0 Å². The average Bonchev–Trinajstić information content (AvgIpc) is 2.97. The molecule has 0 heterocycles. The topological polar surface area (TPSA) is 181 Å². The van der Waals surface area contributed by atoms with Gasteiger partial charge in [0.2, 0.25) is 0 Å². The minimum Gasteiger partial charge on any atom is -0.478 e. The predicted molar refractivity (Wildman–Crippen MR) is 153 cm³/mol. The summed E-state index contributed by atoms with van der Waals surface area (Å²) in [6.45, 7) is 0. The Hall–Kier alpha value is -4.48. The van der Waals surface area contributed by atoms with Crippen LogP contribution in [0.15, 0.2) is 48.5 Å². The fourth-order valence-corrected chi connectivity index (χ4v) is 5.72. The number of carboxylic acids is 2. The van der Waals surface area contributed by atoms with Gasteiger partial charge in [-0.3, -0.25) is 21.7 Å². The van der Waals surface area contributed by atoms with Gasteiger partial charge in [-0.2, -0.15) is 0 Å². The van der Waals surface area contributed by atoms with Crippen LogP contribution < -0.4 is 32.3 Å². The lowest BCUT2D eigenvalue weighted by molar-refractivity contribution is 0.0686. The molecule has 0 saturated heterocycles. The first-order valence-electron chi connectivity index (χ1n) is 14.1. The lowest BCUT2D eigenvalue weighted by Gasteiger charge is -2.34. The highest BCUT2D eigenvalue weighted by atomic mass is 16.4. The van der Waals surface area contributed by atoms with E-state index in [0.717, 1.165) is 51.4 Å². The van der Waals surface area contributed by atoms with Gasteiger partial charge in [-0.1, -0.05) is 12.1 Å². The van der Waals surface area contributed by atoms with Crippen LogP contribution >= 0.6 is 0 Å². The Morgan fingerprint density at radius 3 is 1.37 bits per heavy atom. The average molecular weight is 567 g/mol. The van der Waals surface area contributed by atoms with Crippen molar-refractivity contribution in [3.63, 3.8) is 0 Å². The van der Waals surface area contributed by atoms with Crippen LogP contribution in [-0.2, 0) is 0 Å². The number of carbonyl (C=O) groups is 4. The summed E-state index contributed by atoms with van der Waals surface area (Å²) in [6, 6.07) is 12.0.